The third kappa shape index (κ3) is 5.17. The predicted molar refractivity (Wildman–Crippen MR) is 106 cm³/mol. The second-order valence-corrected chi connectivity index (χ2v) is 8.11. The second kappa shape index (κ2) is 8.40. The lowest BCUT2D eigenvalue weighted by atomic mass is 10.1. The van der Waals surface area contributed by atoms with Gasteiger partial charge in [-0.1, -0.05) is 12.1 Å². The van der Waals surface area contributed by atoms with E-state index in [1.54, 1.807) is 19.2 Å². The molecule has 0 bridgehead atoms. The minimum atomic E-state index is -3.87. The van der Waals surface area contributed by atoms with Gasteiger partial charge in [-0.15, -0.1) is 0 Å². The van der Waals surface area contributed by atoms with Crippen molar-refractivity contribution in [3.8, 4) is 0 Å². The van der Waals surface area contributed by atoms with Crippen LogP contribution >= 0.6 is 0 Å². The van der Waals surface area contributed by atoms with Crippen LogP contribution < -0.4 is 4.72 Å². The van der Waals surface area contributed by atoms with Gasteiger partial charge >= 0.3 is 0 Å². The molecule has 3 aromatic rings. The van der Waals surface area contributed by atoms with E-state index in [4.69, 9.17) is 0 Å². The van der Waals surface area contributed by atoms with Gasteiger partial charge in [0.1, 0.15) is 11.6 Å². The van der Waals surface area contributed by atoms with Gasteiger partial charge in [-0.25, -0.2) is 17.2 Å². The summed E-state index contributed by atoms with van der Waals surface area (Å²) in [6, 6.07) is 16.2. The Morgan fingerprint density at radius 2 is 1.38 bits per heavy atom. The van der Waals surface area contributed by atoms with Crippen LogP contribution in [0, 0.1) is 11.6 Å². The molecule has 0 aromatic heterocycles. The van der Waals surface area contributed by atoms with Gasteiger partial charge in [-0.2, -0.15) is 0 Å². The molecule has 0 aliphatic rings. The molecule has 0 fully saturated rings. The van der Waals surface area contributed by atoms with Gasteiger partial charge < -0.3 is 4.90 Å². The summed E-state index contributed by atoms with van der Waals surface area (Å²) < 4.78 is 53.2. The highest BCUT2D eigenvalue weighted by Crippen LogP contribution is 2.18. The monoisotopic (exact) mass is 416 g/mol. The minimum Gasteiger partial charge on any atom is -0.337 e. The fourth-order valence-corrected chi connectivity index (χ4v) is 3.72. The highest BCUT2D eigenvalue weighted by molar-refractivity contribution is 7.92. The molecule has 1 N–H and O–H groups in total. The Hall–Kier alpha value is -3.26. The Labute approximate surface area is 167 Å². The van der Waals surface area contributed by atoms with Crippen LogP contribution in [-0.2, 0) is 16.6 Å². The van der Waals surface area contributed by atoms with Crippen molar-refractivity contribution in [1.82, 2.24) is 4.90 Å². The van der Waals surface area contributed by atoms with E-state index in [-0.39, 0.29) is 28.9 Å². The standard InChI is InChI=1S/C21H18F2N2O3S/c1-25(14-15-2-6-17(22)7-3-15)21(26)16-4-12-20(13-5-16)29(27,28)24-19-10-8-18(23)9-11-19/h2-13,24H,14H2,1H3. The van der Waals surface area contributed by atoms with Crippen LogP contribution in [0.3, 0.4) is 0 Å². The van der Waals surface area contributed by atoms with E-state index in [9.17, 15) is 22.0 Å². The van der Waals surface area contributed by atoms with E-state index < -0.39 is 15.8 Å². The molecular formula is C21H18F2N2O3S. The van der Waals surface area contributed by atoms with Gasteiger partial charge in [0.25, 0.3) is 15.9 Å². The van der Waals surface area contributed by atoms with Crippen molar-refractivity contribution in [3.63, 3.8) is 0 Å². The van der Waals surface area contributed by atoms with Crippen LogP contribution in [0.25, 0.3) is 0 Å². The normalized spacial score (nSPS) is 11.1. The number of benzene rings is 3. The van der Waals surface area contributed by atoms with Crippen molar-refractivity contribution < 1.29 is 22.0 Å². The van der Waals surface area contributed by atoms with Gasteiger partial charge in [0.05, 0.1) is 4.90 Å². The van der Waals surface area contributed by atoms with Gasteiger partial charge in [-0.3, -0.25) is 9.52 Å². The van der Waals surface area contributed by atoms with E-state index >= 15 is 0 Å². The molecule has 3 aromatic carbocycles. The molecule has 0 atom stereocenters. The lowest BCUT2D eigenvalue weighted by Crippen LogP contribution is -2.26. The molecule has 0 aliphatic heterocycles. The smallest absolute Gasteiger partial charge is 0.261 e. The Bertz CT molecular complexity index is 1100. The van der Waals surface area contributed by atoms with E-state index in [0.717, 1.165) is 17.7 Å². The Morgan fingerprint density at radius 1 is 0.862 bits per heavy atom. The number of hydrogen-bond donors (Lipinski definition) is 1. The Morgan fingerprint density at radius 3 is 1.93 bits per heavy atom. The Kier molecular flexibility index (Phi) is 5.93. The van der Waals surface area contributed by atoms with Crippen molar-refractivity contribution in [3.05, 3.63) is 95.6 Å². The summed E-state index contributed by atoms with van der Waals surface area (Å²) in [5.41, 5.74) is 1.31. The number of hydrogen-bond acceptors (Lipinski definition) is 3. The number of carbonyl (C=O) groups excluding carboxylic acids is 1. The average Bonchev–Trinajstić information content (AvgIpc) is 2.71. The second-order valence-electron chi connectivity index (χ2n) is 6.42. The summed E-state index contributed by atoms with van der Waals surface area (Å²) in [4.78, 5) is 14.0. The fraction of sp³-hybridized carbons (Fsp3) is 0.0952. The number of nitrogens with zero attached hydrogens (tertiary/aromatic N) is 1. The maximum absolute atomic E-state index is 13.0. The summed E-state index contributed by atoms with van der Waals surface area (Å²) in [6.07, 6.45) is 0. The lowest BCUT2D eigenvalue weighted by Gasteiger charge is -2.17. The molecule has 5 nitrogen and oxygen atoms in total. The molecule has 29 heavy (non-hydrogen) atoms. The first-order chi connectivity index (χ1) is 13.7. The van der Waals surface area contributed by atoms with E-state index in [2.05, 4.69) is 4.72 Å². The maximum Gasteiger partial charge on any atom is 0.261 e. The fourth-order valence-electron chi connectivity index (χ4n) is 2.66. The summed E-state index contributed by atoms with van der Waals surface area (Å²) in [5, 5.41) is 0. The molecule has 1 amide bonds. The van der Waals surface area contributed by atoms with Gasteiger partial charge in [0.15, 0.2) is 0 Å². The highest BCUT2D eigenvalue weighted by Gasteiger charge is 2.17. The number of nitrogens with one attached hydrogen (secondary N) is 1. The zero-order valence-electron chi connectivity index (χ0n) is 15.5. The average molecular weight is 416 g/mol. The minimum absolute atomic E-state index is 0.0282. The number of amides is 1. The van der Waals surface area contributed by atoms with E-state index in [1.165, 1.54) is 53.4 Å². The topological polar surface area (TPSA) is 66.5 Å². The molecule has 150 valence electrons. The summed E-state index contributed by atoms with van der Waals surface area (Å²) >= 11 is 0. The summed E-state index contributed by atoms with van der Waals surface area (Å²) in [7, 11) is -2.27. The third-order valence-corrected chi connectivity index (χ3v) is 5.58. The summed E-state index contributed by atoms with van der Waals surface area (Å²) in [5.74, 6) is -1.13. The predicted octanol–water partition coefficient (Wildman–Crippen LogP) is 4.04. The summed E-state index contributed by atoms with van der Waals surface area (Å²) in [6.45, 7) is 0.283. The number of carbonyl (C=O) groups is 1. The highest BCUT2D eigenvalue weighted by atomic mass is 32.2. The first-order valence-electron chi connectivity index (χ1n) is 8.63. The third-order valence-electron chi connectivity index (χ3n) is 4.19. The van der Waals surface area contributed by atoms with Gasteiger partial charge in [-0.05, 0) is 66.2 Å². The van der Waals surface area contributed by atoms with Crippen molar-refractivity contribution in [2.24, 2.45) is 0 Å². The molecule has 0 radical (unpaired) electrons. The number of halogens is 2. The van der Waals surface area contributed by atoms with Crippen LogP contribution in [0.2, 0.25) is 0 Å². The van der Waals surface area contributed by atoms with Crippen molar-refractivity contribution in [2.45, 2.75) is 11.4 Å². The largest absolute Gasteiger partial charge is 0.337 e. The van der Waals surface area contributed by atoms with E-state index in [1.807, 2.05) is 0 Å². The van der Waals surface area contributed by atoms with Crippen LogP contribution in [0.1, 0.15) is 15.9 Å². The van der Waals surface area contributed by atoms with E-state index in [0.29, 0.717) is 5.56 Å². The molecule has 0 saturated heterocycles. The SMILES string of the molecule is CN(Cc1ccc(F)cc1)C(=O)c1ccc(S(=O)(=O)Nc2ccc(F)cc2)cc1. The lowest BCUT2D eigenvalue weighted by molar-refractivity contribution is 0.0785. The van der Waals surface area contributed by atoms with Crippen LogP contribution in [0.4, 0.5) is 14.5 Å². The Balaban J connectivity index is 1.70. The number of rotatable bonds is 6. The first kappa shape index (κ1) is 20.5. The van der Waals surface area contributed by atoms with Crippen molar-refractivity contribution in [2.75, 3.05) is 11.8 Å². The van der Waals surface area contributed by atoms with Crippen molar-refractivity contribution in [1.29, 1.82) is 0 Å². The van der Waals surface area contributed by atoms with Gasteiger partial charge in [0.2, 0.25) is 0 Å². The molecule has 0 aliphatic carbocycles. The number of sulfonamides is 1. The molecule has 8 heteroatoms. The van der Waals surface area contributed by atoms with Crippen LogP contribution in [0.15, 0.2) is 77.7 Å². The first-order valence-corrected chi connectivity index (χ1v) is 10.1. The zero-order valence-corrected chi connectivity index (χ0v) is 16.3. The quantitative estimate of drug-likeness (QED) is 0.660. The number of anilines is 1. The maximum atomic E-state index is 13.0. The zero-order chi connectivity index (χ0) is 21.0. The molecule has 3 rings (SSSR count). The molecule has 0 spiro atoms. The molecule has 0 unspecified atom stereocenters. The molecule has 0 heterocycles. The van der Waals surface area contributed by atoms with Crippen LogP contribution in [-0.4, -0.2) is 26.3 Å². The van der Waals surface area contributed by atoms with Crippen LogP contribution in [0.5, 0.6) is 0 Å². The molecule has 0 saturated carbocycles. The van der Waals surface area contributed by atoms with Gasteiger partial charge in [0, 0.05) is 24.8 Å². The molecular weight excluding hydrogens is 398 g/mol. The van der Waals surface area contributed by atoms with Crippen molar-refractivity contribution >= 4 is 21.6 Å².